The number of halogens is 2. The van der Waals surface area contributed by atoms with E-state index < -0.39 is 10.8 Å². The van der Waals surface area contributed by atoms with Crippen molar-refractivity contribution in [1.29, 1.82) is 5.26 Å². The number of non-ortho nitro benzene ring substituents is 1. The van der Waals surface area contributed by atoms with Crippen molar-refractivity contribution in [1.82, 2.24) is 0 Å². The van der Waals surface area contributed by atoms with Crippen LogP contribution in [0.15, 0.2) is 72.3 Å². The molecule has 9 heteroatoms. The highest BCUT2D eigenvalue weighted by Crippen LogP contribution is 2.35. The number of ether oxygens (including phenoxy) is 1. The van der Waals surface area contributed by atoms with E-state index in [1.165, 1.54) is 6.08 Å². The lowest BCUT2D eigenvalue weighted by molar-refractivity contribution is -0.384. The smallest absolute Gasteiger partial charge is 0.272 e. The van der Waals surface area contributed by atoms with Gasteiger partial charge in [-0.25, -0.2) is 0 Å². The fourth-order valence-electron chi connectivity index (χ4n) is 2.68. The van der Waals surface area contributed by atoms with Crippen molar-refractivity contribution in [3.05, 3.63) is 104 Å². The number of nitrogens with zero attached hydrogens (tertiary/aromatic N) is 2. The lowest BCUT2D eigenvalue weighted by Gasteiger charge is -2.09. The third kappa shape index (κ3) is 5.85. The topological polar surface area (TPSA) is 105 Å². The van der Waals surface area contributed by atoms with Gasteiger partial charge in [-0.15, -0.1) is 0 Å². The molecule has 0 unspecified atom stereocenters. The van der Waals surface area contributed by atoms with Crippen molar-refractivity contribution in [2.45, 2.75) is 6.61 Å². The zero-order chi connectivity index (χ0) is 23.1. The minimum absolute atomic E-state index is 0.0188. The van der Waals surface area contributed by atoms with Crippen LogP contribution in [0.4, 0.5) is 11.4 Å². The predicted molar refractivity (Wildman–Crippen MR) is 123 cm³/mol. The van der Waals surface area contributed by atoms with Crippen LogP contribution in [0, 0.1) is 21.4 Å². The van der Waals surface area contributed by atoms with E-state index in [2.05, 4.69) is 5.32 Å². The zero-order valence-electron chi connectivity index (χ0n) is 16.4. The Kier molecular flexibility index (Phi) is 7.45. The Morgan fingerprint density at radius 2 is 1.72 bits per heavy atom. The van der Waals surface area contributed by atoms with Crippen LogP contribution in [0.2, 0.25) is 10.0 Å². The minimum Gasteiger partial charge on any atom is -0.489 e. The molecule has 0 fully saturated rings. The van der Waals surface area contributed by atoms with Gasteiger partial charge in [0.25, 0.3) is 11.6 Å². The molecule has 0 radical (unpaired) electrons. The molecular formula is C23H15Cl2N3O4. The lowest BCUT2D eigenvalue weighted by atomic mass is 10.1. The van der Waals surface area contributed by atoms with Crippen LogP contribution in [0.3, 0.4) is 0 Å². The summed E-state index contributed by atoms with van der Waals surface area (Å²) in [6.45, 7) is 0.415. The van der Waals surface area contributed by atoms with E-state index in [0.29, 0.717) is 17.9 Å². The molecule has 0 saturated carbocycles. The maximum absolute atomic E-state index is 12.5. The van der Waals surface area contributed by atoms with Crippen LogP contribution in [0.5, 0.6) is 5.75 Å². The molecule has 1 N–H and O–H groups in total. The second-order valence-electron chi connectivity index (χ2n) is 6.51. The molecule has 160 valence electrons. The number of amides is 1. The van der Waals surface area contributed by atoms with Crippen molar-refractivity contribution in [2.24, 2.45) is 0 Å². The molecule has 7 nitrogen and oxygen atoms in total. The molecule has 0 aliphatic rings. The Morgan fingerprint density at radius 1 is 1.09 bits per heavy atom. The van der Waals surface area contributed by atoms with E-state index in [9.17, 15) is 20.2 Å². The number of nitriles is 1. The number of hydrogen-bond acceptors (Lipinski definition) is 5. The summed E-state index contributed by atoms with van der Waals surface area (Å²) >= 11 is 12.0. The molecule has 0 saturated heterocycles. The number of carbonyl (C=O) groups is 1. The Balaban J connectivity index is 1.71. The molecule has 0 aliphatic carbocycles. The number of anilines is 1. The first-order valence-corrected chi connectivity index (χ1v) is 9.96. The number of nitro groups is 1. The summed E-state index contributed by atoms with van der Waals surface area (Å²) < 4.78 is 5.72. The van der Waals surface area contributed by atoms with Crippen molar-refractivity contribution >= 4 is 46.6 Å². The normalized spacial score (nSPS) is 10.8. The molecule has 0 aliphatic heterocycles. The first-order valence-electron chi connectivity index (χ1n) is 9.20. The molecule has 0 aromatic heterocycles. The molecule has 0 heterocycles. The van der Waals surface area contributed by atoms with Crippen LogP contribution in [0.1, 0.15) is 11.1 Å². The predicted octanol–water partition coefficient (Wildman–Crippen LogP) is 6.03. The molecule has 1 amide bonds. The summed E-state index contributed by atoms with van der Waals surface area (Å²) in [5, 5.41) is 22.5. The van der Waals surface area contributed by atoms with Crippen LogP contribution >= 0.6 is 23.2 Å². The van der Waals surface area contributed by atoms with Crippen LogP contribution in [-0.2, 0) is 11.4 Å². The van der Waals surface area contributed by atoms with Crippen molar-refractivity contribution < 1.29 is 14.5 Å². The second-order valence-corrected chi connectivity index (χ2v) is 7.32. The molecular weight excluding hydrogens is 453 g/mol. The van der Waals surface area contributed by atoms with Gasteiger partial charge < -0.3 is 10.1 Å². The van der Waals surface area contributed by atoms with Crippen molar-refractivity contribution in [3.63, 3.8) is 0 Å². The van der Waals surface area contributed by atoms with Crippen LogP contribution in [-0.4, -0.2) is 10.8 Å². The van der Waals surface area contributed by atoms with Crippen molar-refractivity contribution in [3.8, 4) is 11.8 Å². The van der Waals surface area contributed by atoms with E-state index in [4.69, 9.17) is 27.9 Å². The highest BCUT2D eigenvalue weighted by molar-refractivity contribution is 6.40. The highest BCUT2D eigenvalue weighted by atomic mass is 35.5. The molecule has 3 rings (SSSR count). The summed E-state index contributed by atoms with van der Waals surface area (Å²) in [5.41, 5.74) is 1.10. The van der Waals surface area contributed by atoms with E-state index >= 15 is 0 Å². The highest BCUT2D eigenvalue weighted by Gasteiger charge is 2.18. The van der Waals surface area contributed by atoms with Gasteiger partial charge in [0.1, 0.15) is 24.0 Å². The van der Waals surface area contributed by atoms with Gasteiger partial charge in [0, 0.05) is 12.1 Å². The Labute approximate surface area is 193 Å². The summed E-state index contributed by atoms with van der Waals surface area (Å²) in [6, 6.07) is 20.5. The van der Waals surface area contributed by atoms with Gasteiger partial charge in [-0.3, -0.25) is 14.9 Å². The molecule has 0 bridgehead atoms. The van der Waals surface area contributed by atoms with Crippen LogP contribution in [0.25, 0.3) is 6.08 Å². The fourth-order valence-corrected chi connectivity index (χ4v) is 3.25. The molecule has 0 atom stereocenters. The molecule has 3 aromatic rings. The maximum Gasteiger partial charge on any atom is 0.272 e. The SMILES string of the molecule is N#C/C(=C\c1ccc(OCc2ccccc2)cc1)C(=O)Nc1c(Cl)cc([N+](=O)[O-])cc1Cl. The summed E-state index contributed by atoms with van der Waals surface area (Å²) in [4.78, 5) is 22.7. The van der Waals surface area contributed by atoms with Gasteiger partial charge in [-0.05, 0) is 29.3 Å². The Bertz CT molecular complexity index is 1200. The standard InChI is InChI=1S/C23H15Cl2N3O4/c24-20-11-18(28(30)31)12-21(25)22(20)27-23(29)17(13-26)10-15-6-8-19(9-7-15)32-14-16-4-2-1-3-5-16/h1-12H,14H2,(H,27,29)/b17-10+. The molecule has 32 heavy (non-hydrogen) atoms. The zero-order valence-corrected chi connectivity index (χ0v) is 17.9. The Hall–Kier alpha value is -3.86. The number of nitrogens with one attached hydrogen (secondary N) is 1. The summed E-state index contributed by atoms with van der Waals surface area (Å²) in [6.07, 6.45) is 1.39. The average molecular weight is 468 g/mol. The van der Waals surface area contributed by atoms with Gasteiger partial charge in [0.15, 0.2) is 0 Å². The maximum atomic E-state index is 12.5. The first kappa shape index (κ1) is 22.8. The number of benzene rings is 3. The van der Waals surface area contributed by atoms with Crippen LogP contribution < -0.4 is 10.1 Å². The molecule has 0 spiro atoms. The number of nitro benzene ring substituents is 1. The average Bonchev–Trinajstić information content (AvgIpc) is 2.79. The van der Waals surface area contributed by atoms with Gasteiger partial charge in [0.05, 0.1) is 20.7 Å². The second kappa shape index (κ2) is 10.4. The van der Waals surface area contributed by atoms with E-state index in [0.717, 1.165) is 17.7 Å². The van der Waals surface area contributed by atoms with E-state index in [-0.39, 0.29) is 27.0 Å². The fraction of sp³-hybridized carbons (Fsp3) is 0.0435. The summed E-state index contributed by atoms with van der Waals surface area (Å²) in [7, 11) is 0. The minimum atomic E-state index is -0.755. The van der Waals surface area contributed by atoms with Gasteiger partial charge >= 0.3 is 0 Å². The lowest BCUT2D eigenvalue weighted by Crippen LogP contribution is -2.14. The van der Waals surface area contributed by atoms with E-state index in [1.54, 1.807) is 24.3 Å². The quantitative estimate of drug-likeness (QED) is 0.197. The van der Waals surface area contributed by atoms with Gasteiger partial charge in [0.2, 0.25) is 0 Å². The summed E-state index contributed by atoms with van der Waals surface area (Å²) in [5.74, 6) is -0.118. The van der Waals surface area contributed by atoms with Gasteiger partial charge in [-0.2, -0.15) is 5.26 Å². The first-order chi connectivity index (χ1) is 15.4. The van der Waals surface area contributed by atoms with Crippen molar-refractivity contribution in [2.75, 3.05) is 5.32 Å². The molecule has 3 aromatic carbocycles. The third-order valence-corrected chi connectivity index (χ3v) is 4.88. The number of hydrogen-bond donors (Lipinski definition) is 1. The largest absolute Gasteiger partial charge is 0.489 e. The monoisotopic (exact) mass is 467 g/mol. The van der Waals surface area contributed by atoms with Gasteiger partial charge in [-0.1, -0.05) is 65.7 Å². The van der Waals surface area contributed by atoms with E-state index in [1.807, 2.05) is 36.4 Å². The number of rotatable bonds is 7. The number of carbonyl (C=O) groups excluding carboxylic acids is 1. The Morgan fingerprint density at radius 3 is 2.28 bits per heavy atom. The third-order valence-electron chi connectivity index (χ3n) is 4.28.